The van der Waals surface area contributed by atoms with E-state index in [9.17, 15) is 23.6 Å². The van der Waals surface area contributed by atoms with E-state index in [2.05, 4.69) is 15.6 Å². The number of thioether (sulfide) groups is 1. The van der Waals surface area contributed by atoms with Crippen molar-refractivity contribution in [3.05, 3.63) is 69.8 Å². The number of imide groups is 1. The lowest BCUT2D eigenvalue weighted by Gasteiger charge is -2.24. The molecule has 0 aliphatic carbocycles. The van der Waals surface area contributed by atoms with Crippen LogP contribution in [0.4, 0.5) is 4.39 Å². The molecule has 1 fully saturated rings. The SMILES string of the molecule is Cc1nc2cccc(CCNC(=O)c3ccc(SCF)cc3)c2c(=O)n1C1CCC(=O)NC1=O. The van der Waals surface area contributed by atoms with E-state index < -0.39 is 18.0 Å². The van der Waals surface area contributed by atoms with Gasteiger partial charge in [0.2, 0.25) is 11.8 Å². The summed E-state index contributed by atoms with van der Waals surface area (Å²) in [6.07, 6.45) is 0.773. The molecule has 4 rings (SSSR count). The minimum absolute atomic E-state index is 0.154. The third-order valence-electron chi connectivity index (χ3n) is 5.73. The molecule has 1 saturated heterocycles. The molecule has 3 amide bonds. The second-order valence-corrected chi connectivity index (χ2v) is 8.87. The molecular formula is C24H23FN4O4S. The van der Waals surface area contributed by atoms with Crippen molar-refractivity contribution >= 4 is 40.4 Å². The molecule has 1 aromatic heterocycles. The van der Waals surface area contributed by atoms with Gasteiger partial charge < -0.3 is 5.32 Å². The van der Waals surface area contributed by atoms with Gasteiger partial charge in [0.25, 0.3) is 11.5 Å². The summed E-state index contributed by atoms with van der Waals surface area (Å²) in [5.41, 5.74) is 1.32. The highest BCUT2D eigenvalue weighted by Crippen LogP contribution is 2.22. The molecule has 1 unspecified atom stereocenters. The van der Waals surface area contributed by atoms with Crippen molar-refractivity contribution in [1.82, 2.24) is 20.2 Å². The Morgan fingerprint density at radius 1 is 1.21 bits per heavy atom. The standard InChI is InChI=1S/C24H23FN4O4S/c1-14-27-18-4-2-3-15(11-12-26-22(31)16-5-7-17(8-6-16)34-13-25)21(18)24(33)29(14)19-9-10-20(30)28-23(19)32/h2-8,19H,9-13H2,1H3,(H,26,31)(H,28,30,32). The third kappa shape index (κ3) is 4.86. The molecule has 0 saturated carbocycles. The monoisotopic (exact) mass is 482 g/mol. The van der Waals surface area contributed by atoms with Crippen molar-refractivity contribution in [3.63, 3.8) is 0 Å². The van der Waals surface area contributed by atoms with Gasteiger partial charge in [-0.1, -0.05) is 23.9 Å². The highest BCUT2D eigenvalue weighted by molar-refractivity contribution is 7.99. The van der Waals surface area contributed by atoms with Crippen molar-refractivity contribution in [2.45, 2.75) is 37.1 Å². The highest BCUT2D eigenvalue weighted by atomic mass is 32.2. The second-order valence-electron chi connectivity index (χ2n) is 7.90. The van der Waals surface area contributed by atoms with Gasteiger partial charge in [0.15, 0.2) is 0 Å². The van der Waals surface area contributed by atoms with Gasteiger partial charge in [0, 0.05) is 23.4 Å². The number of nitrogens with one attached hydrogen (secondary N) is 2. The summed E-state index contributed by atoms with van der Waals surface area (Å²) < 4.78 is 13.8. The Kier molecular flexibility index (Phi) is 7.06. The summed E-state index contributed by atoms with van der Waals surface area (Å²) in [6.45, 7) is 1.94. The predicted octanol–water partition coefficient (Wildman–Crippen LogP) is 2.67. The van der Waals surface area contributed by atoms with Crippen molar-refractivity contribution in [3.8, 4) is 0 Å². The molecular weight excluding hydrogens is 459 g/mol. The number of halogens is 1. The number of benzene rings is 2. The van der Waals surface area contributed by atoms with Crippen LogP contribution < -0.4 is 16.2 Å². The molecule has 1 aliphatic heterocycles. The largest absolute Gasteiger partial charge is 0.352 e. The first-order valence-electron chi connectivity index (χ1n) is 10.8. The fourth-order valence-electron chi connectivity index (χ4n) is 4.10. The number of hydrogen-bond acceptors (Lipinski definition) is 6. The molecule has 1 atom stereocenters. The summed E-state index contributed by atoms with van der Waals surface area (Å²) in [5.74, 6) is -0.741. The number of fused-ring (bicyclic) bond motifs is 1. The molecule has 2 heterocycles. The number of carbonyl (C=O) groups is 3. The van der Waals surface area contributed by atoms with Crippen LogP contribution in [0.5, 0.6) is 0 Å². The minimum Gasteiger partial charge on any atom is -0.352 e. The van der Waals surface area contributed by atoms with Crippen molar-refractivity contribution in [2.24, 2.45) is 0 Å². The predicted molar refractivity (Wildman–Crippen MR) is 126 cm³/mol. The molecule has 2 aromatic carbocycles. The van der Waals surface area contributed by atoms with Gasteiger partial charge in [0.1, 0.15) is 17.9 Å². The van der Waals surface area contributed by atoms with Crippen LogP contribution in [-0.4, -0.2) is 39.8 Å². The van der Waals surface area contributed by atoms with E-state index in [1.807, 2.05) is 0 Å². The average Bonchev–Trinajstić information content (AvgIpc) is 2.81. The number of hydrogen-bond donors (Lipinski definition) is 2. The Hall–Kier alpha value is -3.53. The lowest BCUT2D eigenvalue weighted by Crippen LogP contribution is -2.45. The van der Waals surface area contributed by atoms with E-state index >= 15 is 0 Å². The first kappa shape index (κ1) is 23.6. The Morgan fingerprint density at radius 3 is 2.68 bits per heavy atom. The highest BCUT2D eigenvalue weighted by Gasteiger charge is 2.30. The summed E-state index contributed by atoms with van der Waals surface area (Å²) in [6, 6.07) is 10.6. The number of carbonyl (C=O) groups excluding carboxylic acids is 3. The molecule has 176 valence electrons. The van der Waals surface area contributed by atoms with E-state index in [0.29, 0.717) is 34.3 Å². The Labute approximate surface area is 198 Å². The fraction of sp³-hybridized carbons (Fsp3) is 0.292. The zero-order valence-electron chi connectivity index (χ0n) is 18.5. The smallest absolute Gasteiger partial charge is 0.262 e. The topological polar surface area (TPSA) is 110 Å². The van der Waals surface area contributed by atoms with Crippen LogP contribution >= 0.6 is 11.8 Å². The number of piperidine rings is 1. The number of aromatic nitrogens is 2. The second kappa shape index (κ2) is 10.2. The van der Waals surface area contributed by atoms with E-state index in [-0.39, 0.29) is 36.8 Å². The van der Waals surface area contributed by atoms with Gasteiger partial charge in [-0.05, 0) is 55.7 Å². The quantitative estimate of drug-likeness (QED) is 0.396. The van der Waals surface area contributed by atoms with Gasteiger partial charge in [-0.2, -0.15) is 0 Å². The summed E-state index contributed by atoms with van der Waals surface area (Å²) in [4.78, 5) is 55.1. The van der Waals surface area contributed by atoms with Gasteiger partial charge in [-0.3, -0.25) is 29.1 Å². The normalized spacial score (nSPS) is 15.9. The zero-order chi connectivity index (χ0) is 24.2. The molecule has 1 aliphatic rings. The third-order valence-corrected chi connectivity index (χ3v) is 6.45. The number of amides is 3. The molecule has 3 aromatic rings. The van der Waals surface area contributed by atoms with Gasteiger partial charge in [-0.25, -0.2) is 9.37 Å². The Bertz CT molecular complexity index is 1320. The number of rotatable bonds is 7. The van der Waals surface area contributed by atoms with Crippen LogP contribution in [-0.2, 0) is 16.0 Å². The minimum atomic E-state index is -0.798. The molecule has 0 bridgehead atoms. The lowest BCUT2D eigenvalue weighted by atomic mass is 10.0. The number of alkyl halides is 1. The van der Waals surface area contributed by atoms with Crippen molar-refractivity contribution in [1.29, 1.82) is 0 Å². The van der Waals surface area contributed by atoms with Crippen LogP contribution in [0.3, 0.4) is 0 Å². The van der Waals surface area contributed by atoms with Gasteiger partial charge >= 0.3 is 0 Å². The fourth-order valence-corrected chi connectivity index (χ4v) is 4.56. The summed E-state index contributed by atoms with van der Waals surface area (Å²) in [5, 5.41) is 5.51. The first-order chi connectivity index (χ1) is 16.4. The van der Waals surface area contributed by atoms with E-state index in [4.69, 9.17) is 0 Å². The van der Waals surface area contributed by atoms with Crippen LogP contribution in [0.25, 0.3) is 10.9 Å². The van der Waals surface area contributed by atoms with Crippen LogP contribution in [0.1, 0.15) is 40.6 Å². The number of aryl methyl sites for hydroxylation is 1. The van der Waals surface area contributed by atoms with Crippen molar-refractivity contribution < 1.29 is 18.8 Å². The van der Waals surface area contributed by atoms with Crippen LogP contribution in [0, 0.1) is 6.92 Å². The maximum atomic E-state index is 13.4. The van der Waals surface area contributed by atoms with Gasteiger partial charge in [-0.15, -0.1) is 0 Å². The zero-order valence-corrected chi connectivity index (χ0v) is 19.3. The molecule has 34 heavy (non-hydrogen) atoms. The Balaban J connectivity index is 1.55. The molecule has 8 nitrogen and oxygen atoms in total. The molecule has 0 radical (unpaired) electrons. The molecule has 2 N–H and O–H groups in total. The molecule has 10 heteroatoms. The van der Waals surface area contributed by atoms with Crippen LogP contribution in [0.2, 0.25) is 0 Å². The van der Waals surface area contributed by atoms with E-state index in [0.717, 1.165) is 16.7 Å². The molecule has 0 spiro atoms. The first-order valence-corrected chi connectivity index (χ1v) is 11.8. The Morgan fingerprint density at radius 2 is 1.97 bits per heavy atom. The van der Waals surface area contributed by atoms with Gasteiger partial charge in [0.05, 0.1) is 10.9 Å². The van der Waals surface area contributed by atoms with E-state index in [1.54, 1.807) is 49.4 Å². The van der Waals surface area contributed by atoms with Crippen LogP contribution in [0.15, 0.2) is 52.2 Å². The summed E-state index contributed by atoms with van der Waals surface area (Å²) >= 11 is 1.05. The lowest BCUT2D eigenvalue weighted by molar-refractivity contribution is -0.135. The van der Waals surface area contributed by atoms with Crippen molar-refractivity contribution in [2.75, 3.05) is 12.6 Å². The maximum Gasteiger partial charge on any atom is 0.262 e. The number of nitrogens with zero attached hydrogens (tertiary/aromatic N) is 2. The summed E-state index contributed by atoms with van der Waals surface area (Å²) in [7, 11) is 0. The van der Waals surface area contributed by atoms with E-state index in [1.165, 1.54) is 4.57 Å². The maximum absolute atomic E-state index is 13.4. The average molecular weight is 483 g/mol.